The molecular weight excluding hydrogens is 293 g/mol. The van der Waals surface area contributed by atoms with E-state index >= 15 is 0 Å². The molecule has 2 nitrogen and oxygen atoms in total. The average molecular weight is 314 g/mol. The van der Waals surface area contributed by atoms with Gasteiger partial charge in [0.05, 0.1) is 6.10 Å². The molecule has 0 bridgehead atoms. The van der Waals surface area contributed by atoms with Crippen molar-refractivity contribution in [1.82, 2.24) is 0 Å². The van der Waals surface area contributed by atoms with Crippen LogP contribution in [0.3, 0.4) is 0 Å². The van der Waals surface area contributed by atoms with Gasteiger partial charge in [0.1, 0.15) is 5.75 Å². The largest absolute Gasteiger partial charge is 0.573 e. The molecule has 0 aliphatic heterocycles. The van der Waals surface area contributed by atoms with E-state index < -0.39 is 6.36 Å². The number of hydrogen-bond acceptors (Lipinski definition) is 2. The summed E-state index contributed by atoms with van der Waals surface area (Å²) >= 11 is 0. The summed E-state index contributed by atoms with van der Waals surface area (Å²) in [6, 6.07) is 6.05. The second kappa shape index (κ2) is 7.68. The van der Waals surface area contributed by atoms with Gasteiger partial charge in [-0.05, 0) is 49.0 Å². The van der Waals surface area contributed by atoms with Crippen LogP contribution in [0.15, 0.2) is 30.3 Å². The summed E-state index contributed by atoms with van der Waals surface area (Å²) in [5.41, 5.74) is 2.11. The number of alkyl halides is 3. The summed E-state index contributed by atoms with van der Waals surface area (Å²) in [5, 5.41) is 0. The van der Waals surface area contributed by atoms with Crippen LogP contribution >= 0.6 is 0 Å². The summed E-state index contributed by atoms with van der Waals surface area (Å²) in [6.07, 6.45) is 2.65. The minimum absolute atomic E-state index is 0.187. The molecule has 1 aliphatic carbocycles. The van der Waals surface area contributed by atoms with Crippen molar-refractivity contribution >= 4 is 5.57 Å². The number of unbranched alkanes of at least 4 members (excludes halogenated alkanes) is 1. The average Bonchev–Trinajstić information content (AvgIpc) is 2.48. The van der Waals surface area contributed by atoms with Crippen molar-refractivity contribution in [2.24, 2.45) is 0 Å². The van der Waals surface area contributed by atoms with Gasteiger partial charge in [0.15, 0.2) is 0 Å². The molecule has 0 saturated carbocycles. The van der Waals surface area contributed by atoms with Gasteiger partial charge in [-0.15, -0.1) is 13.2 Å². The molecule has 0 spiro atoms. The highest BCUT2D eigenvalue weighted by atomic mass is 19.4. The van der Waals surface area contributed by atoms with Gasteiger partial charge in [-0.3, -0.25) is 0 Å². The van der Waals surface area contributed by atoms with Crippen LogP contribution < -0.4 is 4.74 Å². The van der Waals surface area contributed by atoms with Crippen LogP contribution in [-0.2, 0) is 4.74 Å². The second-order valence-corrected chi connectivity index (χ2v) is 5.42. The Morgan fingerprint density at radius 1 is 1.18 bits per heavy atom. The zero-order chi connectivity index (χ0) is 16.0. The normalized spacial score (nSPS) is 18.9. The molecule has 2 rings (SSSR count). The lowest BCUT2D eigenvalue weighted by molar-refractivity contribution is -0.274. The summed E-state index contributed by atoms with van der Waals surface area (Å²) in [4.78, 5) is 0. The summed E-state index contributed by atoms with van der Waals surface area (Å²) in [6.45, 7) is 2.93. The Balaban J connectivity index is 1.90. The molecular formula is C17H21F3O2. The Morgan fingerprint density at radius 2 is 1.91 bits per heavy atom. The molecule has 0 saturated heterocycles. The maximum absolute atomic E-state index is 12.1. The van der Waals surface area contributed by atoms with Gasteiger partial charge in [0.25, 0.3) is 0 Å². The van der Waals surface area contributed by atoms with Gasteiger partial charge in [-0.2, -0.15) is 0 Å². The van der Waals surface area contributed by atoms with E-state index in [9.17, 15) is 13.2 Å². The lowest BCUT2D eigenvalue weighted by Gasteiger charge is -2.22. The van der Waals surface area contributed by atoms with Gasteiger partial charge in [-0.1, -0.05) is 31.6 Å². The number of halogens is 3. The van der Waals surface area contributed by atoms with E-state index in [1.54, 1.807) is 12.1 Å². The molecule has 0 aromatic heterocycles. The molecule has 22 heavy (non-hydrogen) atoms. The first-order chi connectivity index (χ1) is 10.5. The van der Waals surface area contributed by atoms with Crippen molar-refractivity contribution in [3.8, 4) is 5.75 Å². The molecule has 1 aromatic rings. The molecule has 1 aromatic carbocycles. The molecule has 1 atom stereocenters. The molecule has 1 aliphatic rings. The van der Waals surface area contributed by atoms with Crippen molar-refractivity contribution in [2.45, 2.75) is 51.5 Å². The molecule has 0 N–H and O–H groups in total. The van der Waals surface area contributed by atoms with Crippen LogP contribution in [0.5, 0.6) is 5.75 Å². The standard InChI is InChI=1S/C17H21F3O2/c1-2-3-12-21-15-8-4-13(5-9-15)14-6-10-16(11-7-14)22-17(18,19)20/h4,6-7,10-11,15H,2-3,5,8-9,12H2,1H3. The first-order valence-corrected chi connectivity index (χ1v) is 7.65. The van der Waals surface area contributed by atoms with E-state index in [1.165, 1.54) is 12.1 Å². The summed E-state index contributed by atoms with van der Waals surface area (Å²) < 4.78 is 46.0. The third kappa shape index (κ3) is 5.37. The van der Waals surface area contributed by atoms with Gasteiger partial charge in [0, 0.05) is 6.61 Å². The predicted octanol–water partition coefficient (Wildman–Crippen LogP) is 5.34. The Kier molecular flexibility index (Phi) is 5.89. The monoisotopic (exact) mass is 314 g/mol. The number of hydrogen-bond donors (Lipinski definition) is 0. The van der Waals surface area contributed by atoms with E-state index in [-0.39, 0.29) is 11.9 Å². The summed E-state index contributed by atoms with van der Waals surface area (Å²) in [7, 11) is 0. The van der Waals surface area contributed by atoms with E-state index in [1.807, 2.05) is 0 Å². The summed E-state index contributed by atoms with van der Waals surface area (Å²) in [5.74, 6) is -0.187. The smallest absolute Gasteiger partial charge is 0.406 e. The minimum atomic E-state index is -4.64. The van der Waals surface area contributed by atoms with Gasteiger partial charge in [-0.25, -0.2) is 0 Å². The first-order valence-electron chi connectivity index (χ1n) is 7.65. The van der Waals surface area contributed by atoms with Crippen molar-refractivity contribution in [3.63, 3.8) is 0 Å². The number of rotatable bonds is 6. The predicted molar refractivity (Wildman–Crippen MR) is 79.6 cm³/mol. The first kappa shape index (κ1) is 16.9. The van der Waals surface area contributed by atoms with Crippen LogP contribution in [-0.4, -0.2) is 19.1 Å². The van der Waals surface area contributed by atoms with E-state index in [0.29, 0.717) is 0 Å². The fraction of sp³-hybridized carbons (Fsp3) is 0.529. The molecule has 122 valence electrons. The van der Waals surface area contributed by atoms with Crippen LogP contribution in [0.25, 0.3) is 5.57 Å². The van der Waals surface area contributed by atoms with Crippen molar-refractivity contribution in [2.75, 3.05) is 6.61 Å². The third-order valence-corrected chi connectivity index (χ3v) is 3.67. The van der Waals surface area contributed by atoms with E-state index in [4.69, 9.17) is 4.74 Å². The zero-order valence-electron chi connectivity index (χ0n) is 12.7. The third-order valence-electron chi connectivity index (χ3n) is 3.67. The molecule has 0 amide bonds. The highest BCUT2D eigenvalue weighted by Gasteiger charge is 2.31. The Hall–Kier alpha value is -1.49. The minimum Gasteiger partial charge on any atom is -0.406 e. The molecule has 1 unspecified atom stereocenters. The number of allylic oxidation sites excluding steroid dienone is 1. The highest BCUT2D eigenvalue weighted by molar-refractivity contribution is 5.66. The SMILES string of the molecule is CCCCOC1CC=C(c2ccc(OC(F)(F)F)cc2)CC1. The number of benzene rings is 1. The van der Waals surface area contributed by atoms with Crippen LogP contribution in [0.2, 0.25) is 0 Å². The van der Waals surface area contributed by atoms with E-state index in [0.717, 1.165) is 49.8 Å². The highest BCUT2D eigenvalue weighted by Crippen LogP contribution is 2.30. The Labute approximate surface area is 128 Å². The van der Waals surface area contributed by atoms with Gasteiger partial charge < -0.3 is 9.47 Å². The lowest BCUT2D eigenvalue weighted by Crippen LogP contribution is -2.17. The van der Waals surface area contributed by atoms with Crippen molar-refractivity contribution in [1.29, 1.82) is 0 Å². The molecule has 0 radical (unpaired) electrons. The fourth-order valence-corrected chi connectivity index (χ4v) is 2.49. The number of ether oxygens (including phenoxy) is 2. The van der Waals surface area contributed by atoms with Crippen molar-refractivity contribution < 1.29 is 22.6 Å². The van der Waals surface area contributed by atoms with Crippen LogP contribution in [0.1, 0.15) is 44.6 Å². The maximum atomic E-state index is 12.1. The second-order valence-electron chi connectivity index (χ2n) is 5.42. The molecule has 5 heteroatoms. The van der Waals surface area contributed by atoms with Crippen LogP contribution in [0, 0.1) is 0 Å². The lowest BCUT2D eigenvalue weighted by atomic mass is 9.92. The van der Waals surface area contributed by atoms with Crippen molar-refractivity contribution in [3.05, 3.63) is 35.9 Å². The molecule has 0 fully saturated rings. The maximum Gasteiger partial charge on any atom is 0.573 e. The Morgan fingerprint density at radius 3 is 2.45 bits per heavy atom. The van der Waals surface area contributed by atoms with E-state index in [2.05, 4.69) is 17.7 Å². The quantitative estimate of drug-likeness (QED) is 0.660. The fourth-order valence-electron chi connectivity index (χ4n) is 2.49. The van der Waals surface area contributed by atoms with Gasteiger partial charge in [0.2, 0.25) is 0 Å². The topological polar surface area (TPSA) is 18.5 Å². The molecule has 0 heterocycles. The Bertz CT molecular complexity index is 492. The zero-order valence-corrected chi connectivity index (χ0v) is 12.7. The van der Waals surface area contributed by atoms with Crippen LogP contribution in [0.4, 0.5) is 13.2 Å². The van der Waals surface area contributed by atoms with Gasteiger partial charge >= 0.3 is 6.36 Å².